The number of aliphatic hydroxyl groups excluding tert-OH is 1. The number of aliphatic hydroxyl groups is 1. The van der Waals surface area contributed by atoms with E-state index in [9.17, 15) is 33.9 Å². The van der Waals surface area contributed by atoms with Gasteiger partial charge in [-0.3, -0.25) is 19.2 Å². The molecule has 2 aromatic rings. The number of amides is 6. The van der Waals surface area contributed by atoms with Crippen LogP contribution in [0.1, 0.15) is 188 Å². The van der Waals surface area contributed by atoms with Gasteiger partial charge in [-0.25, -0.2) is 9.59 Å². The van der Waals surface area contributed by atoms with Gasteiger partial charge in [0.2, 0.25) is 23.6 Å². The summed E-state index contributed by atoms with van der Waals surface area (Å²) >= 11 is 1.68. The van der Waals surface area contributed by atoms with E-state index >= 15 is 0 Å². The second-order valence-electron chi connectivity index (χ2n) is 30.6. The Bertz CT molecular complexity index is 2420. The summed E-state index contributed by atoms with van der Waals surface area (Å²) < 4.78 is 25.2. The molecule has 0 unspecified atom stereocenters. The summed E-state index contributed by atoms with van der Waals surface area (Å²) in [4.78, 5) is 80.4. The summed E-state index contributed by atoms with van der Waals surface area (Å²) in [5.74, 6) is -0.998. The highest BCUT2D eigenvalue weighted by Crippen LogP contribution is 2.41. The van der Waals surface area contributed by atoms with Gasteiger partial charge in [-0.2, -0.15) is 11.8 Å². The van der Waals surface area contributed by atoms with Gasteiger partial charge in [0.05, 0.1) is 24.3 Å². The monoisotopic (exact) mass is 1300 g/mol. The largest absolute Gasteiger partial charge is 0.444 e. The highest BCUT2D eigenvalue weighted by Gasteiger charge is 2.45. The van der Waals surface area contributed by atoms with Gasteiger partial charge < -0.3 is 55.3 Å². The lowest BCUT2D eigenvalue weighted by Crippen LogP contribution is -2.55. The number of alkyl carbamates (subject to hydrolysis) is 2. The SMILES string of the molecule is CC(C)C[C@H](NC(=O)OC(C)(C)C)[C@H](C[C@@H](CCO)C(=O)N[C@H](C(=O)NCc1ccccc1)C(C)C)O[Si](C)(C)C(C)(C)C.CSCC[C@H](C[C@H](O[Si](C)(C)C(C)(C)C)[C@H](CC(C)C)NC(=O)OC(C)(C)C)C(=O)N[C@H](C(=O)NCc1ccccc1)C(C)C. The zero-order chi connectivity index (χ0) is 68.5. The van der Waals surface area contributed by atoms with E-state index < -0.39 is 82.2 Å². The molecule has 20 heteroatoms. The normalized spacial score (nSPS) is 15.3. The summed E-state index contributed by atoms with van der Waals surface area (Å²) in [5.41, 5.74) is 0.647. The molecule has 0 spiro atoms. The smallest absolute Gasteiger partial charge is 0.407 e. The number of rotatable bonds is 33. The number of ether oxygens (including phenoxy) is 2. The average molecular weight is 1300 g/mol. The Morgan fingerprint density at radius 1 is 0.483 bits per heavy atom. The van der Waals surface area contributed by atoms with Crippen molar-refractivity contribution in [3.63, 3.8) is 0 Å². The van der Waals surface area contributed by atoms with Crippen molar-refractivity contribution in [2.45, 2.75) is 274 Å². The van der Waals surface area contributed by atoms with Crippen LogP contribution in [-0.2, 0) is 50.6 Å². The quantitative estimate of drug-likeness (QED) is 0.0331. The summed E-state index contributed by atoms with van der Waals surface area (Å²) in [5, 5.41) is 28.0. The van der Waals surface area contributed by atoms with Gasteiger partial charge in [0.15, 0.2) is 16.6 Å². The van der Waals surface area contributed by atoms with Crippen molar-refractivity contribution in [3.8, 4) is 0 Å². The van der Waals surface area contributed by atoms with E-state index in [0.717, 1.165) is 16.9 Å². The minimum absolute atomic E-state index is 0.0733. The molecule has 2 aromatic carbocycles. The van der Waals surface area contributed by atoms with E-state index in [0.29, 0.717) is 38.8 Å². The van der Waals surface area contributed by atoms with Gasteiger partial charge in [0.1, 0.15) is 23.3 Å². The zero-order valence-electron chi connectivity index (χ0n) is 59.7. The van der Waals surface area contributed by atoms with Gasteiger partial charge in [-0.05, 0) is 163 Å². The molecule has 0 heterocycles. The maximum Gasteiger partial charge on any atom is 0.407 e. The summed E-state index contributed by atoms with van der Waals surface area (Å²) in [6.07, 6.45) is 2.86. The Morgan fingerprint density at radius 2 is 0.809 bits per heavy atom. The summed E-state index contributed by atoms with van der Waals surface area (Å²) in [6, 6.07) is 17.1. The molecule has 510 valence electrons. The van der Waals surface area contributed by atoms with Crippen LogP contribution in [0.2, 0.25) is 36.3 Å². The third kappa shape index (κ3) is 32.6. The molecule has 0 bridgehead atoms. The maximum atomic E-state index is 14.0. The molecule has 89 heavy (non-hydrogen) atoms. The molecule has 0 aliphatic rings. The average Bonchev–Trinajstić information content (AvgIpc) is 1.86. The van der Waals surface area contributed by atoms with Crippen molar-refractivity contribution in [3.05, 3.63) is 71.8 Å². The second kappa shape index (κ2) is 37.9. The van der Waals surface area contributed by atoms with Crippen LogP contribution in [0, 0.1) is 35.5 Å². The Kier molecular flexibility index (Phi) is 35.1. The molecule has 0 saturated carbocycles. The van der Waals surface area contributed by atoms with E-state index in [1.54, 1.807) is 11.8 Å². The minimum atomic E-state index is -2.37. The predicted octanol–water partition coefficient (Wildman–Crippen LogP) is 13.7. The van der Waals surface area contributed by atoms with Crippen LogP contribution in [0.3, 0.4) is 0 Å². The first-order valence-corrected chi connectivity index (χ1v) is 39.7. The van der Waals surface area contributed by atoms with Gasteiger partial charge in [0.25, 0.3) is 0 Å². The van der Waals surface area contributed by atoms with E-state index in [4.69, 9.17) is 18.3 Å². The number of carbonyl (C=O) groups is 6. The fourth-order valence-electron chi connectivity index (χ4n) is 9.33. The molecule has 0 radical (unpaired) electrons. The van der Waals surface area contributed by atoms with Crippen LogP contribution in [-0.4, -0.2) is 124 Å². The van der Waals surface area contributed by atoms with Crippen molar-refractivity contribution < 1.29 is 52.2 Å². The van der Waals surface area contributed by atoms with Gasteiger partial charge in [0, 0.05) is 31.5 Å². The number of hydrogen-bond acceptors (Lipinski definition) is 12. The first kappa shape index (κ1) is 82.5. The highest BCUT2D eigenvalue weighted by molar-refractivity contribution is 7.98. The van der Waals surface area contributed by atoms with E-state index in [1.165, 1.54) is 0 Å². The molecule has 7 N–H and O–H groups in total. The minimum Gasteiger partial charge on any atom is -0.444 e. The van der Waals surface area contributed by atoms with Crippen LogP contribution >= 0.6 is 11.8 Å². The fraction of sp³-hybridized carbons (Fsp3) is 0.739. The molecule has 6 amide bonds. The van der Waals surface area contributed by atoms with E-state index in [-0.39, 0.29) is 82.9 Å². The van der Waals surface area contributed by atoms with Crippen LogP contribution in [0.5, 0.6) is 0 Å². The van der Waals surface area contributed by atoms with Gasteiger partial charge >= 0.3 is 12.2 Å². The third-order valence-corrected chi connectivity index (χ3v) is 25.9. The maximum absolute atomic E-state index is 14.0. The molecule has 0 saturated heterocycles. The first-order chi connectivity index (χ1) is 40.8. The molecule has 0 aliphatic heterocycles. The van der Waals surface area contributed by atoms with E-state index in [2.05, 4.69) is 127 Å². The molecular formula is C69H124N6O11SSi2. The second-order valence-corrected chi connectivity index (χ2v) is 41.1. The third-order valence-electron chi connectivity index (χ3n) is 16.3. The van der Waals surface area contributed by atoms with Crippen molar-refractivity contribution >= 4 is 64.2 Å². The molecular weight excluding hydrogens is 1180 g/mol. The first-order valence-electron chi connectivity index (χ1n) is 32.5. The van der Waals surface area contributed by atoms with Gasteiger partial charge in [-0.15, -0.1) is 0 Å². The van der Waals surface area contributed by atoms with E-state index in [1.807, 2.05) is 136 Å². The number of carbonyl (C=O) groups excluding carboxylic acids is 6. The molecule has 0 aromatic heterocycles. The highest BCUT2D eigenvalue weighted by atomic mass is 32.2. The van der Waals surface area contributed by atoms with Crippen molar-refractivity contribution in [2.24, 2.45) is 35.5 Å². The zero-order valence-corrected chi connectivity index (χ0v) is 62.5. The lowest BCUT2D eigenvalue weighted by molar-refractivity contribution is -0.133. The predicted molar refractivity (Wildman–Crippen MR) is 370 cm³/mol. The summed E-state index contributed by atoms with van der Waals surface area (Å²) in [6.45, 7) is 49.3. The van der Waals surface area contributed by atoms with Crippen molar-refractivity contribution in [1.29, 1.82) is 0 Å². The Balaban J connectivity index is 0.000000890. The van der Waals surface area contributed by atoms with Crippen LogP contribution in [0.25, 0.3) is 0 Å². The number of hydrogen-bond donors (Lipinski definition) is 7. The van der Waals surface area contributed by atoms with Crippen LogP contribution < -0.4 is 31.9 Å². The van der Waals surface area contributed by atoms with Gasteiger partial charge in [-0.1, -0.05) is 158 Å². The fourth-order valence-corrected chi connectivity index (χ4v) is 12.6. The number of benzene rings is 2. The molecule has 0 fully saturated rings. The van der Waals surface area contributed by atoms with Crippen LogP contribution in [0.4, 0.5) is 9.59 Å². The lowest BCUT2D eigenvalue weighted by Gasteiger charge is -2.43. The number of thioether (sulfide) groups is 1. The Labute approximate surface area is 545 Å². The molecule has 17 nitrogen and oxygen atoms in total. The summed E-state index contributed by atoms with van der Waals surface area (Å²) in [7, 11) is -4.68. The Morgan fingerprint density at radius 3 is 1.08 bits per heavy atom. The molecule has 0 aliphatic carbocycles. The molecule has 8 atom stereocenters. The lowest BCUT2D eigenvalue weighted by atomic mass is 9.89. The number of nitrogens with one attached hydrogen (secondary N) is 6. The Hall–Kier alpha value is -4.48. The van der Waals surface area contributed by atoms with Crippen molar-refractivity contribution in [1.82, 2.24) is 31.9 Å². The molecule has 2 rings (SSSR count). The van der Waals surface area contributed by atoms with Crippen LogP contribution in [0.15, 0.2) is 60.7 Å². The van der Waals surface area contributed by atoms with Crippen molar-refractivity contribution in [2.75, 3.05) is 18.6 Å². The standard InChI is InChI=1S/C35H63N3O5SSi.C34H61N3O6Si/c1-24(2)21-28(37-33(41)42-34(5,6)7)29(43-45(12,13)35(8,9)10)22-27(19-20-44-11)31(39)38-30(25(3)4)32(40)36-23-26-17-15-14-16-18-26;1-23(2)20-27(36-32(41)42-33(5,6)7)28(43-44(11,12)34(8,9)10)21-26(18-19-38)30(39)37-29(24(3)4)31(40)35-22-25-16-14-13-15-17-25/h14-18,24-25,27-30H,19-23H2,1-13H3,(H,36,40)(H,37,41)(H,38,39);13-17,23-24,26-29,38H,18-22H2,1-12H3,(H,35,40)(H,36,41)(H,37,39)/t27-,28+,29+,30+;26-,27+,28+,29+/m11/s1. The topological polar surface area (TPSA) is 232 Å².